The molecule has 0 atom stereocenters. The number of benzene rings is 1. The number of hydrogen-bond donors (Lipinski definition) is 1. The third-order valence-corrected chi connectivity index (χ3v) is 5.35. The number of imidazole rings is 1. The van der Waals surface area contributed by atoms with Crippen LogP contribution in [0.3, 0.4) is 0 Å². The average molecular weight is 369 g/mol. The summed E-state index contributed by atoms with van der Waals surface area (Å²) in [5.41, 5.74) is 6.99. The minimum absolute atomic E-state index is 0.737. The number of aryl methyl sites for hydroxylation is 2. The van der Waals surface area contributed by atoms with Crippen LogP contribution in [-0.2, 0) is 6.54 Å². The smallest absolute Gasteiger partial charge is 0.137 e. The summed E-state index contributed by atoms with van der Waals surface area (Å²) < 4.78 is 2.16. The van der Waals surface area contributed by atoms with Gasteiger partial charge in [-0.15, -0.1) is 0 Å². The first-order chi connectivity index (χ1) is 12.6. The van der Waals surface area contributed by atoms with E-state index in [2.05, 4.69) is 46.7 Å². The van der Waals surface area contributed by atoms with E-state index in [0.29, 0.717) is 0 Å². The third-order valence-electron chi connectivity index (χ3n) is 5.12. The van der Waals surface area contributed by atoms with Gasteiger partial charge in [0.1, 0.15) is 5.65 Å². The van der Waals surface area contributed by atoms with Gasteiger partial charge in [0, 0.05) is 31.4 Å². The van der Waals surface area contributed by atoms with Crippen molar-refractivity contribution >= 4 is 17.2 Å². The van der Waals surface area contributed by atoms with Crippen molar-refractivity contribution in [3.63, 3.8) is 0 Å². The average Bonchev–Trinajstić information content (AvgIpc) is 2.79. The quantitative estimate of drug-likeness (QED) is 0.756. The second-order valence-electron chi connectivity index (χ2n) is 7.18. The number of pyridine rings is 1. The summed E-state index contributed by atoms with van der Waals surface area (Å²) in [5.74, 6) is 0. The van der Waals surface area contributed by atoms with Gasteiger partial charge in [-0.05, 0) is 51.1 Å². The lowest BCUT2D eigenvalue weighted by Crippen LogP contribution is -2.28. The minimum Gasteiger partial charge on any atom is -0.315 e. The molecule has 1 aliphatic heterocycles. The Labute approximate surface area is 159 Å². The number of hydrogen-bond acceptors (Lipinski definition) is 3. The Balaban J connectivity index is 1.83. The Hall–Kier alpha value is -1.88. The van der Waals surface area contributed by atoms with Crippen LogP contribution in [-0.4, -0.2) is 40.5 Å². The molecule has 4 nitrogen and oxygen atoms in total. The zero-order chi connectivity index (χ0) is 18.1. The monoisotopic (exact) mass is 368 g/mol. The summed E-state index contributed by atoms with van der Waals surface area (Å²) in [7, 11) is 0. The van der Waals surface area contributed by atoms with Crippen LogP contribution in [0, 0.1) is 13.8 Å². The first-order valence-corrected chi connectivity index (χ1v) is 9.67. The van der Waals surface area contributed by atoms with Gasteiger partial charge in [-0.1, -0.05) is 35.4 Å². The van der Waals surface area contributed by atoms with E-state index < -0.39 is 0 Å². The molecular weight excluding hydrogens is 344 g/mol. The molecule has 5 heteroatoms. The van der Waals surface area contributed by atoms with Crippen molar-refractivity contribution in [2.75, 3.05) is 26.2 Å². The second kappa shape index (κ2) is 7.39. The molecule has 0 amide bonds. The fourth-order valence-electron chi connectivity index (χ4n) is 3.79. The number of fused-ring (bicyclic) bond motifs is 1. The number of nitrogens with zero attached hydrogens (tertiary/aromatic N) is 3. The Morgan fingerprint density at radius 1 is 1.12 bits per heavy atom. The van der Waals surface area contributed by atoms with Gasteiger partial charge in [0.25, 0.3) is 0 Å². The van der Waals surface area contributed by atoms with Crippen LogP contribution in [0.25, 0.3) is 16.9 Å². The second-order valence-corrected chi connectivity index (χ2v) is 7.62. The summed E-state index contributed by atoms with van der Waals surface area (Å²) in [6.07, 6.45) is 3.17. The molecule has 1 aromatic carbocycles. The van der Waals surface area contributed by atoms with E-state index >= 15 is 0 Å². The first kappa shape index (κ1) is 17.5. The van der Waals surface area contributed by atoms with Crippen LogP contribution in [0.2, 0.25) is 5.02 Å². The van der Waals surface area contributed by atoms with E-state index in [9.17, 15) is 0 Å². The molecule has 1 fully saturated rings. The van der Waals surface area contributed by atoms with Crippen molar-refractivity contribution in [2.24, 2.45) is 0 Å². The van der Waals surface area contributed by atoms with Crippen molar-refractivity contribution < 1.29 is 0 Å². The lowest BCUT2D eigenvalue weighted by molar-refractivity contribution is 0.281. The van der Waals surface area contributed by atoms with Gasteiger partial charge in [0.2, 0.25) is 0 Å². The van der Waals surface area contributed by atoms with Gasteiger partial charge in [0.15, 0.2) is 0 Å². The van der Waals surface area contributed by atoms with E-state index in [1.54, 1.807) is 0 Å². The molecule has 0 saturated carbocycles. The standard InChI is InChI=1S/C21H25ClN4/c1-15-4-6-18(16(2)12-15)21-19(14-25-10-3-8-23-9-11-25)26-13-17(22)5-7-20(26)24-21/h4-7,12-13,23H,3,8-11,14H2,1-2H3. The lowest BCUT2D eigenvalue weighted by atomic mass is 10.0. The van der Waals surface area contributed by atoms with E-state index in [-0.39, 0.29) is 0 Å². The highest BCUT2D eigenvalue weighted by molar-refractivity contribution is 6.30. The molecule has 4 rings (SSSR count). The van der Waals surface area contributed by atoms with Crippen molar-refractivity contribution in [3.8, 4) is 11.3 Å². The third kappa shape index (κ3) is 3.50. The molecule has 136 valence electrons. The zero-order valence-electron chi connectivity index (χ0n) is 15.4. The number of nitrogens with one attached hydrogen (secondary N) is 1. The van der Waals surface area contributed by atoms with Crippen LogP contribution in [0.5, 0.6) is 0 Å². The van der Waals surface area contributed by atoms with Crippen molar-refractivity contribution in [1.82, 2.24) is 19.6 Å². The predicted molar refractivity (Wildman–Crippen MR) is 108 cm³/mol. The number of halogens is 1. The fraction of sp³-hybridized carbons (Fsp3) is 0.381. The highest BCUT2D eigenvalue weighted by Gasteiger charge is 2.19. The van der Waals surface area contributed by atoms with Gasteiger partial charge in [-0.25, -0.2) is 4.98 Å². The van der Waals surface area contributed by atoms with Crippen LogP contribution in [0.1, 0.15) is 23.2 Å². The summed E-state index contributed by atoms with van der Waals surface area (Å²) in [5, 5.41) is 4.22. The van der Waals surface area contributed by atoms with Crippen molar-refractivity contribution in [3.05, 3.63) is 58.4 Å². The first-order valence-electron chi connectivity index (χ1n) is 9.29. The van der Waals surface area contributed by atoms with Crippen molar-refractivity contribution in [1.29, 1.82) is 0 Å². The Bertz CT molecular complexity index is 923. The van der Waals surface area contributed by atoms with Gasteiger partial charge >= 0.3 is 0 Å². The molecule has 1 saturated heterocycles. The van der Waals surface area contributed by atoms with Crippen LogP contribution >= 0.6 is 11.6 Å². The largest absolute Gasteiger partial charge is 0.315 e. The molecular formula is C21H25ClN4. The van der Waals surface area contributed by atoms with E-state index in [0.717, 1.165) is 49.1 Å². The topological polar surface area (TPSA) is 32.6 Å². The molecule has 0 bridgehead atoms. The van der Waals surface area contributed by atoms with E-state index in [1.807, 2.05) is 18.3 Å². The zero-order valence-corrected chi connectivity index (χ0v) is 16.2. The molecule has 3 aromatic rings. The van der Waals surface area contributed by atoms with E-state index in [4.69, 9.17) is 16.6 Å². The van der Waals surface area contributed by atoms with Crippen molar-refractivity contribution in [2.45, 2.75) is 26.8 Å². The van der Waals surface area contributed by atoms with Gasteiger partial charge in [-0.3, -0.25) is 4.90 Å². The molecule has 1 N–H and O–H groups in total. The maximum Gasteiger partial charge on any atom is 0.137 e. The highest BCUT2D eigenvalue weighted by atomic mass is 35.5. The molecule has 26 heavy (non-hydrogen) atoms. The van der Waals surface area contributed by atoms with E-state index in [1.165, 1.54) is 28.8 Å². The summed E-state index contributed by atoms with van der Waals surface area (Å²) in [6, 6.07) is 10.5. The Morgan fingerprint density at radius 3 is 2.85 bits per heavy atom. The van der Waals surface area contributed by atoms with Gasteiger partial charge < -0.3 is 9.72 Å². The van der Waals surface area contributed by atoms with Crippen LogP contribution in [0.4, 0.5) is 0 Å². The normalized spacial score (nSPS) is 16.1. The molecule has 2 aromatic heterocycles. The van der Waals surface area contributed by atoms with Crippen LogP contribution < -0.4 is 5.32 Å². The Morgan fingerprint density at radius 2 is 2.00 bits per heavy atom. The maximum absolute atomic E-state index is 6.29. The number of rotatable bonds is 3. The SMILES string of the molecule is Cc1ccc(-c2nc3ccc(Cl)cn3c2CN2CCCNCC2)c(C)c1. The molecule has 0 aliphatic carbocycles. The minimum atomic E-state index is 0.737. The molecule has 0 spiro atoms. The van der Waals surface area contributed by atoms with Gasteiger partial charge in [0.05, 0.1) is 16.4 Å². The summed E-state index contributed by atoms with van der Waals surface area (Å²) in [6.45, 7) is 9.47. The maximum atomic E-state index is 6.29. The number of aromatic nitrogens is 2. The van der Waals surface area contributed by atoms with Crippen LogP contribution in [0.15, 0.2) is 36.5 Å². The summed E-state index contributed by atoms with van der Waals surface area (Å²) >= 11 is 6.29. The Kier molecular flexibility index (Phi) is 4.98. The highest BCUT2D eigenvalue weighted by Crippen LogP contribution is 2.30. The molecule has 0 unspecified atom stereocenters. The molecule has 3 heterocycles. The molecule has 0 radical (unpaired) electrons. The lowest BCUT2D eigenvalue weighted by Gasteiger charge is -2.20. The molecule has 1 aliphatic rings. The fourth-order valence-corrected chi connectivity index (χ4v) is 3.95. The van der Waals surface area contributed by atoms with Gasteiger partial charge in [-0.2, -0.15) is 0 Å². The summed E-state index contributed by atoms with van der Waals surface area (Å²) in [4.78, 5) is 7.48. The predicted octanol–water partition coefficient (Wildman–Crippen LogP) is 4.07.